The molecule has 1 N–H and O–H groups in total. The van der Waals surface area contributed by atoms with Gasteiger partial charge in [-0.1, -0.05) is 23.7 Å². The van der Waals surface area contributed by atoms with Gasteiger partial charge in [-0.3, -0.25) is 9.69 Å². The fraction of sp³-hybridized carbons (Fsp3) is 0.333. The summed E-state index contributed by atoms with van der Waals surface area (Å²) in [7, 11) is 0. The van der Waals surface area contributed by atoms with Crippen molar-refractivity contribution in [2.24, 2.45) is 5.92 Å². The van der Waals surface area contributed by atoms with E-state index in [0.717, 1.165) is 16.5 Å². The summed E-state index contributed by atoms with van der Waals surface area (Å²) in [5, 5.41) is 9.89. The average molecular weight is 511 g/mol. The van der Waals surface area contributed by atoms with Crippen molar-refractivity contribution < 1.29 is 27.8 Å². The number of aromatic nitrogens is 1. The highest BCUT2D eigenvalue weighted by molar-refractivity contribution is 7.18. The molecule has 1 saturated heterocycles. The molecule has 3 aromatic rings. The lowest BCUT2D eigenvalue weighted by Gasteiger charge is -2.37. The number of nitrogens with zero attached hydrogens (tertiary/aromatic N) is 2. The van der Waals surface area contributed by atoms with Crippen LogP contribution in [0.3, 0.4) is 0 Å². The number of hydrogen-bond donors (Lipinski definition) is 1. The number of rotatable bonds is 7. The second kappa shape index (κ2) is 9.56. The zero-order chi connectivity index (χ0) is 24.6. The Bertz CT molecular complexity index is 1210. The lowest BCUT2D eigenvalue weighted by Crippen LogP contribution is -2.49. The molecule has 0 amide bonds. The van der Waals surface area contributed by atoms with Crippen LogP contribution in [-0.4, -0.2) is 40.2 Å². The van der Waals surface area contributed by atoms with Gasteiger partial charge in [0.05, 0.1) is 27.5 Å². The van der Waals surface area contributed by atoms with Gasteiger partial charge in [0, 0.05) is 31.4 Å². The van der Waals surface area contributed by atoms with Crippen LogP contribution in [0.1, 0.15) is 25.0 Å². The molecule has 1 aromatic heterocycles. The average Bonchev–Trinajstić information content (AvgIpc) is 3.21. The highest BCUT2D eigenvalue weighted by Gasteiger charge is 2.37. The van der Waals surface area contributed by atoms with Crippen molar-refractivity contribution in [3.8, 4) is 26.8 Å². The number of aliphatic carboxylic acids is 1. The third-order valence-corrected chi connectivity index (χ3v) is 6.84. The number of carboxylic acids is 1. The van der Waals surface area contributed by atoms with E-state index in [9.17, 15) is 18.0 Å². The number of hydrogen-bond acceptors (Lipinski definition) is 5. The molecular weight excluding hydrogens is 489 g/mol. The fourth-order valence-electron chi connectivity index (χ4n) is 3.75. The van der Waals surface area contributed by atoms with E-state index in [4.69, 9.17) is 21.4 Å². The standard InChI is InChI=1S/C24H22ClF3N2O3S/c1-13(2)33-20-6-5-14(8-19(20)25)21-9-29-22(34-21)15-3-4-16(18(7-15)24(26,27)28)10-30-11-17(12-30)23(31)32/h3-9,13,17H,10-12H2,1-2H3,(H,31,32). The molecule has 0 spiro atoms. The van der Waals surface area contributed by atoms with Gasteiger partial charge in [0.2, 0.25) is 0 Å². The maximum Gasteiger partial charge on any atom is 0.416 e. The molecule has 5 nitrogen and oxygen atoms in total. The van der Waals surface area contributed by atoms with Gasteiger partial charge < -0.3 is 9.84 Å². The second-order valence-electron chi connectivity index (χ2n) is 8.44. The molecule has 1 aliphatic rings. The summed E-state index contributed by atoms with van der Waals surface area (Å²) in [6.07, 6.45) is -2.95. The summed E-state index contributed by atoms with van der Waals surface area (Å²) < 4.78 is 47.1. The van der Waals surface area contributed by atoms with Crippen LogP contribution in [0.15, 0.2) is 42.6 Å². The maximum atomic E-state index is 13.8. The lowest BCUT2D eigenvalue weighted by molar-refractivity contribution is -0.148. The Labute approximate surface area is 203 Å². The van der Waals surface area contributed by atoms with Crippen molar-refractivity contribution in [3.63, 3.8) is 0 Å². The van der Waals surface area contributed by atoms with Crippen molar-refractivity contribution in [2.45, 2.75) is 32.7 Å². The van der Waals surface area contributed by atoms with Crippen LogP contribution < -0.4 is 4.74 Å². The molecule has 0 radical (unpaired) electrons. The molecule has 10 heteroatoms. The van der Waals surface area contributed by atoms with Gasteiger partial charge in [0.15, 0.2) is 0 Å². The van der Waals surface area contributed by atoms with Crippen LogP contribution >= 0.6 is 22.9 Å². The topological polar surface area (TPSA) is 62.7 Å². The zero-order valence-corrected chi connectivity index (χ0v) is 20.0. The molecule has 0 saturated carbocycles. The first-order valence-electron chi connectivity index (χ1n) is 10.6. The minimum absolute atomic E-state index is 0.0242. The van der Waals surface area contributed by atoms with E-state index >= 15 is 0 Å². The lowest BCUT2D eigenvalue weighted by atomic mass is 9.97. The summed E-state index contributed by atoms with van der Waals surface area (Å²) in [6, 6.07) is 9.52. The molecule has 2 aromatic carbocycles. The van der Waals surface area contributed by atoms with Gasteiger partial charge in [-0.25, -0.2) is 4.98 Å². The Hall–Kier alpha value is -2.62. The number of halogens is 4. The van der Waals surface area contributed by atoms with Crippen LogP contribution in [0, 0.1) is 5.92 Å². The predicted octanol–water partition coefficient (Wildman–Crippen LogP) is 6.45. The highest BCUT2D eigenvalue weighted by atomic mass is 35.5. The minimum atomic E-state index is -4.54. The largest absolute Gasteiger partial charge is 0.489 e. The highest BCUT2D eigenvalue weighted by Crippen LogP contribution is 2.39. The van der Waals surface area contributed by atoms with E-state index in [-0.39, 0.29) is 31.3 Å². The van der Waals surface area contributed by atoms with Crippen molar-refractivity contribution >= 4 is 28.9 Å². The Morgan fingerprint density at radius 1 is 1.24 bits per heavy atom. The number of likely N-dealkylation sites (tertiary alicyclic amines) is 1. The van der Waals surface area contributed by atoms with Gasteiger partial charge >= 0.3 is 12.1 Å². The number of alkyl halides is 3. The summed E-state index contributed by atoms with van der Waals surface area (Å²) in [6.45, 7) is 4.33. The first-order valence-corrected chi connectivity index (χ1v) is 11.8. The third kappa shape index (κ3) is 5.37. The van der Waals surface area contributed by atoms with Gasteiger partial charge in [-0.15, -0.1) is 11.3 Å². The molecule has 0 atom stereocenters. The van der Waals surface area contributed by atoms with Gasteiger partial charge in [-0.2, -0.15) is 13.2 Å². The normalized spacial score (nSPS) is 14.9. The van der Waals surface area contributed by atoms with E-state index in [0.29, 0.717) is 21.3 Å². The fourth-order valence-corrected chi connectivity index (χ4v) is 4.89. The smallest absolute Gasteiger partial charge is 0.416 e. The summed E-state index contributed by atoms with van der Waals surface area (Å²) in [4.78, 5) is 17.8. The van der Waals surface area contributed by atoms with E-state index in [1.54, 1.807) is 29.3 Å². The quantitative estimate of drug-likeness (QED) is 0.395. The molecule has 180 valence electrons. The van der Waals surface area contributed by atoms with Crippen LogP contribution in [-0.2, 0) is 17.5 Å². The molecule has 0 bridgehead atoms. The number of carbonyl (C=O) groups is 1. The van der Waals surface area contributed by atoms with E-state index in [1.807, 2.05) is 19.9 Å². The molecular formula is C24H22ClF3N2O3S. The van der Waals surface area contributed by atoms with Crippen molar-refractivity contribution in [2.75, 3.05) is 13.1 Å². The van der Waals surface area contributed by atoms with E-state index in [2.05, 4.69) is 4.98 Å². The number of thiazole rings is 1. The molecule has 0 aliphatic carbocycles. The Balaban J connectivity index is 1.57. The Kier molecular flexibility index (Phi) is 6.89. The molecule has 34 heavy (non-hydrogen) atoms. The van der Waals surface area contributed by atoms with Gasteiger partial charge in [-0.05, 0) is 49.2 Å². The zero-order valence-electron chi connectivity index (χ0n) is 18.4. The van der Waals surface area contributed by atoms with Crippen molar-refractivity contribution in [3.05, 3.63) is 58.7 Å². The minimum Gasteiger partial charge on any atom is -0.489 e. The molecule has 4 rings (SSSR count). The summed E-state index contributed by atoms with van der Waals surface area (Å²) in [5.74, 6) is -0.889. The maximum absolute atomic E-state index is 13.8. The monoisotopic (exact) mass is 510 g/mol. The molecule has 2 heterocycles. The summed E-state index contributed by atoms with van der Waals surface area (Å²) in [5.41, 5.74) is 0.539. The van der Waals surface area contributed by atoms with Crippen molar-refractivity contribution in [1.82, 2.24) is 9.88 Å². The molecule has 1 fully saturated rings. The van der Waals surface area contributed by atoms with E-state index < -0.39 is 23.6 Å². The number of carboxylic acid groups (broad SMARTS) is 1. The first kappa shape index (κ1) is 24.5. The second-order valence-corrected chi connectivity index (χ2v) is 9.88. The van der Waals surface area contributed by atoms with Crippen LogP contribution in [0.4, 0.5) is 13.2 Å². The molecule has 0 unspecified atom stereocenters. The number of benzene rings is 2. The van der Waals surface area contributed by atoms with Crippen molar-refractivity contribution in [1.29, 1.82) is 0 Å². The molecule has 1 aliphatic heterocycles. The van der Waals surface area contributed by atoms with Crippen LogP contribution in [0.25, 0.3) is 21.0 Å². The van der Waals surface area contributed by atoms with Gasteiger partial charge in [0.1, 0.15) is 10.8 Å². The Morgan fingerprint density at radius 3 is 2.56 bits per heavy atom. The van der Waals surface area contributed by atoms with Crippen LogP contribution in [0.2, 0.25) is 5.02 Å². The van der Waals surface area contributed by atoms with Gasteiger partial charge in [0.25, 0.3) is 0 Å². The third-order valence-electron chi connectivity index (χ3n) is 5.45. The SMILES string of the molecule is CC(C)Oc1ccc(-c2cnc(-c3ccc(CN4CC(C(=O)O)C4)c(C(F)(F)F)c3)s2)cc1Cl. The first-order chi connectivity index (χ1) is 16.0. The number of ether oxygens (including phenoxy) is 1. The van der Waals surface area contributed by atoms with Crippen LogP contribution in [0.5, 0.6) is 5.75 Å². The summed E-state index contributed by atoms with van der Waals surface area (Å²) >= 11 is 7.59. The predicted molar refractivity (Wildman–Crippen MR) is 125 cm³/mol. The Morgan fingerprint density at radius 2 is 1.94 bits per heavy atom. The van der Waals surface area contributed by atoms with E-state index in [1.165, 1.54) is 17.4 Å².